The zero-order valence-electron chi connectivity index (χ0n) is 12.9. The van der Waals surface area contributed by atoms with Crippen LogP contribution in [0.25, 0.3) is 0 Å². The van der Waals surface area contributed by atoms with E-state index in [2.05, 4.69) is 31.3 Å². The molecular formula is C16H27NO2S. The molecule has 0 spiro atoms. The summed E-state index contributed by atoms with van der Waals surface area (Å²) in [7, 11) is 0. The molecule has 0 saturated carbocycles. The van der Waals surface area contributed by atoms with Crippen molar-refractivity contribution in [3.05, 3.63) is 23.8 Å². The summed E-state index contributed by atoms with van der Waals surface area (Å²) >= 11 is 1.95. The Morgan fingerprint density at radius 3 is 2.65 bits per heavy atom. The minimum atomic E-state index is 0.659. The number of hydrogen-bond acceptors (Lipinski definition) is 4. The van der Waals surface area contributed by atoms with E-state index in [-0.39, 0.29) is 0 Å². The lowest BCUT2D eigenvalue weighted by Gasteiger charge is -2.13. The van der Waals surface area contributed by atoms with Crippen LogP contribution in [-0.2, 0) is 6.54 Å². The lowest BCUT2D eigenvalue weighted by atomic mass is 10.2. The van der Waals surface area contributed by atoms with Crippen LogP contribution in [0, 0.1) is 0 Å². The molecule has 0 aliphatic rings. The van der Waals surface area contributed by atoms with Crippen molar-refractivity contribution in [1.82, 2.24) is 5.32 Å². The van der Waals surface area contributed by atoms with Gasteiger partial charge in [-0.25, -0.2) is 0 Å². The number of thioether (sulfide) groups is 1. The summed E-state index contributed by atoms with van der Waals surface area (Å²) in [5.74, 6) is 4.03. The third kappa shape index (κ3) is 6.53. The van der Waals surface area contributed by atoms with Gasteiger partial charge in [-0.3, -0.25) is 0 Å². The number of hydrogen-bond donors (Lipinski definition) is 1. The van der Waals surface area contributed by atoms with Crippen molar-refractivity contribution in [2.24, 2.45) is 0 Å². The van der Waals surface area contributed by atoms with Crippen molar-refractivity contribution in [1.29, 1.82) is 0 Å². The molecule has 0 unspecified atom stereocenters. The van der Waals surface area contributed by atoms with Crippen LogP contribution in [0.3, 0.4) is 0 Å². The Bertz CT molecular complexity index is 371. The first-order valence-corrected chi connectivity index (χ1v) is 8.64. The van der Waals surface area contributed by atoms with Gasteiger partial charge in [-0.05, 0) is 49.1 Å². The third-order valence-electron chi connectivity index (χ3n) is 2.78. The van der Waals surface area contributed by atoms with Gasteiger partial charge in [0.15, 0.2) is 11.5 Å². The van der Waals surface area contributed by atoms with E-state index >= 15 is 0 Å². The normalized spacial score (nSPS) is 10.6. The van der Waals surface area contributed by atoms with E-state index in [1.165, 1.54) is 11.3 Å². The van der Waals surface area contributed by atoms with E-state index in [9.17, 15) is 0 Å². The van der Waals surface area contributed by atoms with Gasteiger partial charge in [0.05, 0.1) is 13.2 Å². The van der Waals surface area contributed by atoms with Crippen LogP contribution in [0.15, 0.2) is 18.2 Å². The van der Waals surface area contributed by atoms with Crippen LogP contribution in [0.1, 0.15) is 32.8 Å². The number of rotatable bonds is 11. The average molecular weight is 297 g/mol. The summed E-state index contributed by atoms with van der Waals surface area (Å²) in [6, 6.07) is 6.19. The molecule has 1 rings (SSSR count). The van der Waals surface area contributed by atoms with E-state index in [1.807, 2.05) is 24.8 Å². The van der Waals surface area contributed by atoms with Crippen molar-refractivity contribution in [2.45, 2.75) is 33.7 Å². The highest BCUT2D eigenvalue weighted by molar-refractivity contribution is 7.99. The molecule has 0 fully saturated rings. The van der Waals surface area contributed by atoms with Gasteiger partial charge in [0.2, 0.25) is 0 Å². The zero-order valence-corrected chi connectivity index (χ0v) is 13.7. The highest BCUT2D eigenvalue weighted by atomic mass is 32.2. The summed E-state index contributed by atoms with van der Waals surface area (Å²) < 4.78 is 11.5. The molecule has 1 aromatic rings. The van der Waals surface area contributed by atoms with Gasteiger partial charge in [-0.15, -0.1) is 0 Å². The monoisotopic (exact) mass is 297 g/mol. The summed E-state index contributed by atoms with van der Waals surface area (Å²) in [6.07, 6.45) is 1.07. The van der Waals surface area contributed by atoms with Gasteiger partial charge in [-0.1, -0.05) is 19.9 Å². The van der Waals surface area contributed by atoms with Crippen LogP contribution in [0.4, 0.5) is 0 Å². The van der Waals surface area contributed by atoms with Crippen molar-refractivity contribution in [2.75, 3.05) is 31.3 Å². The van der Waals surface area contributed by atoms with Gasteiger partial charge >= 0.3 is 0 Å². The largest absolute Gasteiger partial charge is 0.490 e. The fourth-order valence-electron chi connectivity index (χ4n) is 1.81. The maximum absolute atomic E-state index is 5.84. The summed E-state index contributed by atoms with van der Waals surface area (Å²) in [5.41, 5.74) is 1.23. The molecule has 0 bridgehead atoms. The smallest absolute Gasteiger partial charge is 0.161 e. The molecule has 20 heavy (non-hydrogen) atoms. The third-order valence-corrected chi connectivity index (χ3v) is 3.77. The highest BCUT2D eigenvalue weighted by Gasteiger charge is 2.06. The van der Waals surface area contributed by atoms with E-state index < -0.39 is 0 Å². The Morgan fingerprint density at radius 1 is 1.10 bits per heavy atom. The number of benzene rings is 1. The molecule has 0 aliphatic carbocycles. The minimum absolute atomic E-state index is 0.659. The molecule has 0 heterocycles. The van der Waals surface area contributed by atoms with Crippen LogP contribution in [0.2, 0.25) is 0 Å². The van der Waals surface area contributed by atoms with E-state index in [0.717, 1.165) is 43.4 Å². The molecule has 0 radical (unpaired) electrons. The lowest BCUT2D eigenvalue weighted by Crippen LogP contribution is -2.12. The lowest BCUT2D eigenvalue weighted by molar-refractivity contribution is 0.277. The van der Waals surface area contributed by atoms with Crippen LogP contribution >= 0.6 is 11.8 Å². The second kappa shape index (κ2) is 10.9. The van der Waals surface area contributed by atoms with Crippen LogP contribution in [0.5, 0.6) is 11.5 Å². The van der Waals surface area contributed by atoms with E-state index in [1.54, 1.807) is 0 Å². The molecule has 3 nitrogen and oxygen atoms in total. The standard InChI is InChI=1S/C16H27NO2S/c1-4-17-13-14-8-9-15(16(12-14)18-5-2)19-10-7-11-20-6-3/h8-9,12,17H,4-7,10-11,13H2,1-3H3. The first-order chi connectivity index (χ1) is 9.81. The SMILES string of the molecule is CCNCc1ccc(OCCCSCC)c(OCC)c1. The second-order valence-electron chi connectivity index (χ2n) is 4.39. The Kier molecular flexibility index (Phi) is 9.33. The molecule has 1 aromatic carbocycles. The molecule has 0 aliphatic heterocycles. The fourth-order valence-corrected chi connectivity index (χ4v) is 2.42. The molecule has 1 N–H and O–H groups in total. The van der Waals surface area contributed by atoms with Crippen molar-refractivity contribution >= 4 is 11.8 Å². The second-order valence-corrected chi connectivity index (χ2v) is 5.79. The first-order valence-electron chi connectivity index (χ1n) is 7.48. The summed E-state index contributed by atoms with van der Waals surface area (Å²) in [5, 5.41) is 3.32. The number of ether oxygens (including phenoxy) is 2. The van der Waals surface area contributed by atoms with Gasteiger partial charge in [0.25, 0.3) is 0 Å². The molecular weight excluding hydrogens is 270 g/mol. The summed E-state index contributed by atoms with van der Waals surface area (Å²) in [6.45, 7) is 9.53. The maximum atomic E-state index is 5.84. The summed E-state index contributed by atoms with van der Waals surface area (Å²) in [4.78, 5) is 0. The fraction of sp³-hybridized carbons (Fsp3) is 0.625. The predicted octanol–water partition coefficient (Wildman–Crippen LogP) is 3.72. The molecule has 0 amide bonds. The highest BCUT2D eigenvalue weighted by Crippen LogP contribution is 2.28. The van der Waals surface area contributed by atoms with Gasteiger partial charge < -0.3 is 14.8 Å². The molecule has 0 atom stereocenters. The predicted molar refractivity (Wildman–Crippen MR) is 88.1 cm³/mol. The topological polar surface area (TPSA) is 30.5 Å². The molecule has 4 heteroatoms. The first kappa shape index (κ1) is 17.2. The Labute approximate surface area is 127 Å². The minimum Gasteiger partial charge on any atom is -0.490 e. The quantitative estimate of drug-likeness (QED) is 0.631. The Morgan fingerprint density at radius 2 is 1.95 bits per heavy atom. The Hall–Kier alpha value is -0.870. The molecule has 0 aromatic heterocycles. The molecule has 0 saturated heterocycles. The zero-order chi connectivity index (χ0) is 14.6. The van der Waals surface area contributed by atoms with Gasteiger partial charge in [0, 0.05) is 6.54 Å². The van der Waals surface area contributed by atoms with Crippen LogP contribution in [-0.4, -0.2) is 31.3 Å². The average Bonchev–Trinajstić information content (AvgIpc) is 2.47. The van der Waals surface area contributed by atoms with E-state index in [0.29, 0.717) is 6.61 Å². The van der Waals surface area contributed by atoms with Crippen LogP contribution < -0.4 is 14.8 Å². The van der Waals surface area contributed by atoms with Crippen molar-refractivity contribution in [3.8, 4) is 11.5 Å². The van der Waals surface area contributed by atoms with Gasteiger partial charge in [-0.2, -0.15) is 11.8 Å². The van der Waals surface area contributed by atoms with E-state index in [4.69, 9.17) is 9.47 Å². The maximum Gasteiger partial charge on any atom is 0.161 e. The number of nitrogens with one attached hydrogen (secondary N) is 1. The Balaban J connectivity index is 2.54. The van der Waals surface area contributed by atoms with Crippen molar-refractivity contribution in [3.63, 3.8) is 0 Å². The molecule has 114 valence electrons. The van der Waals surface area contributed by atoms with Crippen molar-refractivity contribution < 1.29 is 9.47 Å². The van der Waals surface area contributed by atoms with Gasteiger partial charge in [0.1, 0.15) is 0 Å².